The van der Waals surface area contributed by atoms with Gasteiger partial charge in [0.15, 0.2) is 0 Å². The minimum absolute atomic E-state index is 0.0856. The van der Waals surface area contributed by atoms with Crippen molar-refractivity contribution in [1.82, 2.24) is 5.43 Å². The van der Waals surface area contributed by atoms with Gasteiger partial charge < -0.3 is 4.74 Å². The number of ether oxygens (including phenoxy) is 1. The number of hydrogen-bond donors (Lipinski definition) is 1. The zero-order valence-electron chi connectivity index (χ0n) is 5.84. The van der Waals surface area contributed by atoms with E-state index >= 15 is 0 Å². The number of carbonyl (C=O) groups excluding carboxylic acids is 1. The van der Waals surface area contributed by atoms with E-state index in [9.17, 15) is 4.79 Å². The third kappa shape index (κ3) is 0.977. The van der Waals surface area contributed by atoms with Crippen LogP contribution in [0.5, 0.6) is 0 Å². The van der Waals surface area contributed by atoms with Gasteiger partial charge >= 0.3 is 6.09 Å². The largest absolute Gasteiger partial charge is 0.456 e. The van der Waals surface area contributed by atoms with Crippen molar-refractivity contribution in [3.63, 3.8) is 0 Å². The van der Waals surface area contributed by atoms with Crippen LogP contribution in [0.15, 0.2) is 0 Å². The molecule has 1 saturated heterocycles. The van der Waals surface area contributed by atoms with Gasteiger partial charge in [-0.05, 0) is 0 Å². The van der Waals surface area contributed by atoms with Gasteiger partial charge in [0.05, 0.1) is 14.1 Å². The van der Waals surface area contributed by atoms with Crippen LogP contribution in [0.4, 0.5) is 4.79 Å². The summed E-state index contributed by atoms with van der Waals surface area (Å²) in [6, 6.07) is 0. The van der Waals surface area contributed by atoms with Gasteiger partial charge in [-0.1, -0.05) is 0 Å². The SMILES string of the molecule is CC1OC(=O)N[N+]1(C)C. The second-order valence-corrected chi connectivity index (χ2v) is 2.66. The van der Waals surface area contributed by atoms with Gasteiger partial charge in [0.25, 0.3) is 6.23 Å². The third-order valence-corrected chi connectivity index (χ3v) is 1.57. The van der Waals surface area contributed by atoms with Crippen LogP contribution in [0.3, 0.4) is 0 Å². The lowest BCUT2D eigenvalue weighted by atomic mass is 10.6. The summed E-state index contributed by atoms with van der Waals surface area (Å²) in [5.74, 6) is 0. The number of rotatable bonds is 0. The fourth-order valence-corrected chi connectivity index (χ4v) is 0.639. The number of amides is 1. The highest BCUT2D eigenvalue weighted by atomic mass is 16.6. The summed E-state index contributed by atoms with van der Waals surface area (Å²) in [6.45, 7) is 1.85. The third-order valence-electron chi connectivity index (χ3n) is 1.57. The Kier molecular flexibility index (Phi) is 1.13. The smallest absolute Gasteiger partial charge is 0.391 e. The summed E-state index contributed by atoms with van der Waals surface area (Å²) in [5.41, 5.74) is 2.62. The second-order valence-electron chi connectivity index (χ2n) is 2.66. The van der Waals surface area contributed by atoms with Crippen molar-refractivity contribution < 1.29 is 14.1 Å². The van der Waals surface area contributed by atoms with Gasteiger partial charge in [0, 0.05) is 6.92 Å². The Balaban J connectivity index is 2.69. The molecule has 0 saturated carbocycles. The average molecular weight is 131 g/mol. The normalized spacial score (nSPS) is 31.4. The lowest BCUT2D eigenvalue weighted by Crippen LogP contribution is -2.51. The molecule has 0 aliphatic carbocycles. The number of hydrogen-bond acceptors (Lipinski definition) is 2. The van der Waals surface area contributed by atoms with Gasteiger partial charge in [0.2, 0.25) is 0 Å². The Morgan fingerprint density at radius 2 is 2.22 bits per heavy atom. The fraction of sp³-hybridized carbons (Fsp3) is 0.800. The minimum atomic E-state index is -0.340. The summed E-state index contributed by atoms with van der Waals surface area (Å²) >= 11 is 0. The number of nitrogens with zero attached hydrogens (tertiary/aromatic N) is 1. The Hall–Kier alpha value is -0.770. The van der Waals surface area contributed by atoms with Crippen LogP contribution in [0.2, 0.25) is 0 Å². The standard InChI is InChI=1S/C5H10N2O2/c1-4-7(2,3)6-5(8)9-4/h4H,1-3H3/p+1. The maximum Gasteiger partial charge on any atom is 0.456 e. The molecule has 1 N–H and O–H groups in total. The number of cyclic esters (lactones) is 1. The van der Waals surface area contributed by atoms with E-state index in [0.717, 1.165) is 0 Å². The van der Waals surface area contributed by atoms with Crippen LogP contribution in [-0.4, -0.2) is 31.0 Å². The molecule has 1 atom stereocenters. The first kappa shape index (κ1) is 6.35. The molecule has 4 heteroatoms. The molecule has 1 aliphatic heterocycles. The Morgan fingerprint density at radius 3 is 2.33 bits per heavy atom. The minimum Gasteiger partial charge on any atom is -0.391 e. The topological polar surface area (TPSA) is 38.3 Å². The van der Waals surface area contributed by atoms with E-state index in [1.165, 1.54) is 0 Å². The molecule has 52 valence electrons. The lowest BCUT2D eigenvalue weighted by Gasteiger charge is -2.22. The molecule has 0 spiro atoms. The van der Waals surface area contributed by atoms with Crippen molar-refractivity contribution >= 4 is 6.09 Å². The van der Waals surface area contributed by atoms with Crippen molar-refractivity contribution in [2.75, 3.05) is 14.1 Å². The fourth-order valence-electron chi connectivity index (χ4n) is 0.639. The molecule has 1 fully saturated rings. The van der Waals surface area contributed by atoms with Crippen LogP contribution >= 0.6 is 0 Å². The van der Waals surface area contributed by atoms with E-state index in [2.05, 4.69) is 5.43 Å². The first-order valence-electron chi connectivity index (χ1n) is 2.85. The Bertz CT molecular complexity index is 144. The van der Waals surface area contributed by atoms with E-state index in [4.69, 9.17) is 4.74 Å². The van der Waals surface area contributed by atoms with Gasteiger partial charge in [-0.3, -0.25) is 0 Å². The zero-order chi connectivity index (χ0) is 7.07. The first-order valence-corrected chi connectivity index (χ1v) is 2.85. The quantitative estimate of drug-likeness (QED) is 0.472. The summed E-state index contributed by atoms with van der Waals surface area (Å²) in [4.78, 5) is 10.5. The molecule has 1 aliphatic rings. The van der Waals surface area contributed by atoms with Crippen LogP contribution in [-0.2, 0) is 4.74 Å². The van der Waals surface area contributed by atoms with Gasteiger partial charge in [0.1, 0.15) is 0 Å². The van der Waals surface area contributed by atoms with Gasteiger partial charge in [-0.25, -0.2) is 4.79 Å². The molecule has 1 unspecified atom stereocenters. The molecule has 0 bridgehead atoms. The summed E-state index contributed by atoms with van der Waals surface area (Å²) in [5, 5.41) is 0. The van der Waals surface area contributed by atoms with E-state index in [1.807, 2.05) is 21.0 Å². The number of quaternary nitrogens is 1. The number of nitrogens with one attached hydrogen (secondary N) is 1. The van der Waals surface area contributed by atoms with Crippen molar-refractivity contribution in [1.29, 1.82) is 0 Å². The summed E-state index contributed by atoms with van der Waals surface area (Å²) < 4.78 is 5.20. The van der Waals surface area contributed by atoms with Crippen molar-refractivity contribution in [2.24, 2.45) is 0 Å². The summed E-state index contributed by atoms with van der Waals surface area (Å²) in [6.07, 6.45) is -0.426. The molecular formula is C5H11N2O2+. The maximum absolute atomic E-state index is 10.5. The molecule has 9 heavy (non-hydrogen) atoms. The van der Waals surface area contributed by atoms with E-state index in [1.54, 1.807) is 0 Å². The highest BCUT2D eigenvalue weighted by molar-refractivity contribution is 5.66. The van der Waals surface area contributed by atoms with Crippen LogP contribution in [0, 0.1) is 0 Å². The average Bonchev–Trinajstić information content (AvgIpc) is 1.79. The van der Waals surface area contributed by atoms with E-state index in [-0.39, 0.29) is 12.3 Å². The molecule has 1 amide bonds. The van der Waals surface area contributed by atoms with Crippen molar-refractivity contribution in [3.05, 3.63) is 0 Å². The first-order chi connectivity index (χ1) is 4.02. The molecule has 4 nitrogen and oxygen atoms in total. The summed E-state index contributed by atoms with van der Waals surface area (Å²) in [7, 11) is 3.74. The van der Waals surface area contributed by atoms with Gasteiger partial charge in [-0.15, -0.1) is 0 Å². The van der Waals surface area contributed by atoms with E-state index < -0.39 is 0 Å². The molecule has 0 radical (unpaired) electrons. The predicted molar refractivity (Wildman–Crippen MR) is 31.2 cm³/mol. The van der Waals surface area contributed by atoms with Crippen molar-refractivity contribution in [3.8, 4) is 0 Å². The molecule has 0 aromatic heterocycles. The zero-order valence-corrected chi connectivity index (χ0v) is 5.84. The Morgan fingerprint density at radius 1 is 1.67 bits per heavy atom. The lowest BCUT2D eigenvalue weighted by molar-refractivity contribution is -0.949. The highest BCUT2D eigenvalue weighted by Crippen LogP contribution is 2.10. The predicted octanol–water partition coefficient (Wildman–Crippen LogP) is 0.0636. The monoisotopic (exact) mass is 131 g/mol. The second kappa shape index (κ2) is 1.60. The van der Waals surface area contributed by atoms with Crippen molar-refractivity contribution in [2.45, 2.75) is 13.2 Å². The number of carbonyl (C=O) groups is 1. The van der Waals surface area contributed by atoms with E-state index in [0.29, 0.717) is 4.59 Å². The molecule has 0 aromatic carbocycles. The van der Waals surface area contributed by atoms with Crippen LogP contribution < -0.4 is 5.43 Å². The molecule has 1 heterocycles. The highest BCUT2D eigenvalue weighted by Gasteiger charge is 2.37. The maximum atomic E-state index is 10.5. The van der Waals surface area contributed by atoms with Crippen LogP contribution in [0.1, 0.15) is 6.92 Å². The van der Waals surface area contributed by atoms with Gasteiger partial charge in [-0.2, -0.15) is 10.0 Å². The molecular weight excluding hydrogens is 120 g/mol. The van der Waals surface area contributed by atoms with Crippen LogP contribution in [0.25, 0.3) is 0 Å². The Labute approximate surface area is 54.0 Å². The molecule has 1 rings (SSSR count). The molecule has 0 aromatic rings.